The largest absolute Gasteiger partial charge is 0.497 e. The highest BCUT2D eigenvalue weighted by atomic mass is 16.5. The Balaban J connectivity index is 1.88. The van der Waals surface area contributed by atoms with Crippen molar-refractivity contribution in [3.63, 3.8) is 0 Å². The van der Waals surface area contributed by atoms with Gasteiger partial charge in [-0.2, -0.15) is 0 Å². The third kappa shape index (κ3) is 4.77. The molecule has 182 valence electrons. The Hall–Kier alpha value is -3.02. The zero-order valence-electron chi connectivity index (χ0n) is 21.6. The topological polar surface area (TPSA) is 61.6 Å². The third-order valence-electron chi connectivity index (χ3n) is 6.51. The summed E-state index contributed by atoms with van der Waals surface area (Å²) in [6, 6.07) is 12.1. The summed E-state index contributed by atoms with van der Waals surface area (Å²) in [5.41, 5.74) is 3.73. The Morgan fingerprint density at radius 2 is 1.03 bits per heavy atom. The Morgan fingerprint density at radius 3 is 1.32 bits per heavy atom. The van der Waals surface area contributed by atoms with Gasteiger partial charge in [-0.25, -0.2) is 9.98 Å². The maximum absolute atomic E-state index is 6.11. The van der Waals surface area contributed by atoms with Crippen LogP contribution >= 0.6 is 0 Å². The second-order valence-corrected chi connectivity index (χ2v) is 11.1. The maximum atomic E-state index is 6.11. The summed E-state index contributed by atoms with van der Waals surface area (Å²) < 4.78 is 23.4. The van der Waals surface area contributed by atoms with E-state index in [9.17, 15) is 0 Å². The molecule has 2 aliphatic heterocycles. The monoisotopic (exact) mass is 464 g/mol. The predicted octanol–water partition coefficient (Wildman–Crippen LogP) is 5.75. The van der Waals surface area contributed by atoms with Crippen molar-refractivity contribution in [3.8, 4) is 22.6 Å². The molecule has 0 saturated heterocycles. The fourth-order valence-corrected chi connectivity index (χ4v) is 4.05. The van der Waals surface area contributed by atoms with Crippen LogP contribution < -0.4 is 9.47 Å². The van der Waals surface area contributed by atoms with Gasteiger partial charge < -0.3 is 18.9 Å². The Kier molecular flexibility index (Phi) is 6.36. The van der Waals surface area contributed by atoms with Crippen molar-refractivity contribution in [1.82, 2.24) is 0 Å². The van der Waals surface area contributed by atoms with E-state index in [1.165, 1.54) is 0 Å². The predicted molar refractivity (Wildman–Crippen MR) is 136 cm³/mol. The lowest BCUT2D eigenvalue weighted by Crippen LogP contribution is -2.25. The van der Waals surface area contributed by atoms with Crippen LogP contribution in [0.2, 0.25) is 0 Å². The maximum Gasteiger partial charge on any atom is 0.217 e. The van der Waals surface area contributed by atoms with Crippen molar-refractivity contribution in [2.75, 3.05) is 27.4 Å². The summed E-state index contributed by atoms with van der Waals surface area (Å²) >= 11 is 0. The minimum absolute atomic E-state index is 0.0178. The van der Waals surface area contributed by atoms with E-state index in [4.69, 9.17) is 28.9 Å². The molecule has 0 bridgehead atoms. The van der Waals surface area contributed by atoms with Gasteiger partial charge in [0, 0.05) is 11.1 Å². The number of nitrogens with zero attached hydrogens (tertiary/aromatic N) is 2. The number of hydrogen-bond acceptors (Lipinski definition) is 6. The minimum Gasteiger partial charge on any atom is -0.497 e. The fraction of sp³-hybridized carbons (Fsp3) is 0.500. The standard InChI is InChI=1S/C28H36N2O4/c1-27(2,3)23-15-33-25(29-23)19-11-9-17(31-7)13-21(19)22-14-18(32-8)10-12-20(22)26-30-24(16-34-26)28(4,5)6/h9-14,23-24H,15-16H2,1-8H3/t23-,24-/m1/s1. The Labute approximate surface area is 203 Å². The normalized spacial score (nSPS) is 20.4. The first-order valence-electron chi connectivity index (χ1n) is 11.8. The zero-order chi connectivity index (χ0) is 24.7. The van der Waals surface area contributed by atoms with Crippen molar-refractivity contribution < 1.29 is 18.9 Å². The molecule has 0 saturated carbocycles. The van der Waals surface area contributed by atoms with Crippen LogP contribution in [-0.2, 0) is 9.47 Å². The van der Waals surface area contributed by atoms with Crippen molar-refractivity contribution in [2.45, 2.75) is 53.6 Å². The van der Waals surface area contributed by atoms with Gasteiger partial charge in [-0.15, -0.1) is 0 Å². The van der Waals surface area contributed by atoms with Gasteiger partial charge in [0.05, 0.1) is 26.3 Å². The number of ether oxygens (including phenoxy) is 4. The molecule has 2 heterocycles. The molecular weight excluding hydrogens is 428 g/mol. The zero-order valence-corrected chi connectivity index (χ0v) is 21.6. The molecule has 6 nitrogen and oxygen atoms in total. The fourth-order valence-electron chi connectivity index (χ4n) is 4.05. The molecule has 6 heteroatoms. The first-order valence-corrected chi connectivity index (χ1v) is 11.8. The van der Waals surface area contributed by atoms with E-state index in [1.54, 1.807) is 14.2 Å². The lowest BCUT2D eigenvalue weighted by Gasteiger charge is -2.21. The van der Waals surface area contributed by atoms with Gasteiger partial charge >= 0.3 is 0 Å². The van der Waals surface area contributed by atoms with Crippen molar-refractivity contribution in [3.05, 3.63) is 47.5 Å². The third-order valence-corrected chi connectivity index (χ3v) is 6.51. The van der Waals surface area contributed by atoms with E-state index in [-0.39, 0.29) is 22.9 Å². The molecule has 2 aromatic carbocycles. The molecular formula is C28H36N2O4. The molecule has 0 unspecified atom stereocenters. The van der Waals surface area contributed by atoms with Crippen LogP contribution in [0.3, 0.4) is 0 Å². The summed E-state index contributed by atoms with van der Waals surface area (Å²) in [5, 5.41) is 0. The molecule has 0 fully saturated rings. The Morgan fingerprint density at radius 1 is 0.647 bits per heavy atom. The van der Waals surface area contributed by atoms with Gasteiger partial charge in [0.15, 0.2) is 0 Å². The first-order chi connectivity index (χ1) is 16.0. The number of benzene rings is 2. The summed E-state index contributed by atoms with van der Waals surface area (Å²) in [4.78, 5) is 9.89. The van der Waals surface area contributed by atoms with E-state index in [0.717, 1.165) is 33.8 Å². The summed E-state index contributed by atoms with van der Waals surface area (Å²) in [6.07, 6.45) is 0. The van der Waals surface area contributed by atoms with E-state index in [0.29, 0.717) is 25.0 Å². The summed E-state index contributed by atoms with van der Waals surface area (Å²) in [7, 11) is 3.34. The van der Waals surface area contributed by atoms with Crippen molar-refractivity contribution in [2.24, 2.45) is 20.8 Å². The van der Waals surface area contributed by atoms with Gasteiger partial charge in [0.2, 0.25) is 11.8 Å². The molecule has 0 radical (unpaired) electrons. The van der Waals surface area contributed by atoms with Gasteiger partial charge in [0.25, 0.3) is 0 Å². The SMILES string of the molecule is COc1ccc(C2=N[C@@H](C(C)(C)C)CO2)c(-c2cc(OC)ccc2C2=N[C@@H](C(C)(C)C)CO2)c1. The molecule has 4 rings (SSSR count). The van der Waals surface area contributed by atoms with Crippen LogP contribution in [0.25, 0.3) is 11.1 Å². The van der Waals surface area contributed by atoms with Gasteiger partial charge in [-0.1, -0.05) is 41.5 Å². The number of aliphatic imine (C=N–C) groups is 2. The summed E-state index contributed by atoms with van der Waals surface area (Å²) in [6.45, 7) is 14.2. The van der Waals surface area contributed by atoms with Gasteiger partial charge in [0.1, 0.15) is 24.7 Å². The lowest BCUT2D eigenvalue weighted by molar-refractivity contribution is 0.235. The van der Waals surface area contributed by atoms with E-state index in [2.05, 4.69) is 41.5 Å². The summed E-state index contributed by atoms with van der Waals surface area (Å²) in [5.74, 6) is 2.79. The van der Waals surface area contributed by atoms with Crippen LogP contribution in [0.4, 0.5) is 0 Å². The number of methoxy groups -OCH3 is 2. The molecule has 2 aliphatic rings. The smallest absolute Gasteiger partial charge is 0.217 e. The van der Waals surface area contributed by atoms with Crippen LogP contribution in [0.15, 0.2) is 46.4 Å². The lowest BCUT2D eigenvalue weighted by atomic mass is 9.88. The van der Waals surface area contributed by atoms with Gasteiger partial charge in [-0.05, 0) is 58.4 Å². The highest BCUT2D eigenvalue weighted by Crippen LogP contribution is 2.38. The van der Waals surface area contributed by atoms with Crippen molar-refractivity contribution >= 4 is 11.8 Å². The second kappa shape index (κ2) is 8.97. The van der Waals surface area contributed by atoms with Crippen LogP contribution in [0.1, 0.15) is 52.7 Å². The minimum atomic E-state index is 0.0178. The van der Waals surface area contributed by atoms with Crippen LogP contribution in [-0.4, -0.2) is 51.3 Å². The van der Waals surface area contributed by atoms with E-state index in [1.807, 2.05) is 36.4 Å². The first kappa shape index (κ1) is 24.1. The highest BCUT2D eigenvalue weighted by Gasteiger charge is 2.34. The van der Waals surface area contributed by atoms with Crippen LogP contribution in [0.5, 0.6) is 11.5 Å². The molecule has 0 amide bonds. The quantitative estimate of drug-likeness (QED) is 0.565. The average Bonchev–Trinajstić information content (AvgIpc) is 3.48. The molecule has 2 aromatic rings. The second-order valence-electron chi connectivity index (χ2n) is 11.1. The molecule has 0 aliphatic carbocycles. The Bertz CT molecular complexity index is 1030. The molecule has 34 heavy (non-hydrogen) atoms. The molecule has 0 spiro atoms. The molecule has 2 atom stereocenters. The molecule has 0 aromatic heterocycles. The van der Waals surface area contributed by atoms with Crippen molar-refractivity contribution in [1.29, 1.82) is 0 Å². The highest BCUT2D eigenvalue weighted by molar-refractivity contribution is 6.07. The van der Waals surface area contributed by atoms with E-state index < -0.39 is 0 Å². The molecule has 0 N–H and O–H groups in total. The average molecular weight is 465 g/mol. The van der Waals surface area contributed by atoms with Gasteiger partial charge in [-0.3, -0.25) is 0 Å². The number of hydrogen-bond donors (Lipinski definition) is 0. The van der Waals surface area contributed by atoms with Crippen LogP contribution in [0, 0.1) is 10.8 Å². The van der Waals surface area contributed by atoms with E-state index >= 15 is 0 Å². The number of rotatable bonds is 5.